The number of benzene rings is 1. The van der Waals surface area contributed by atoms with Gasteiger partial charge in [-0.25, -0.2) is 0 Å². The van der Waals surface area contributed by atoms with Gasteiger partial charge in [0.15, 0.2) is 0 Å². The molecule has 0 heterocycles. The summed E-state index contributed by atoms with van der Waals surface area (Å²) < 4.78 is 5.84. The third kappa shape index (κ3) is 3.94. The second-order valence-electron chi connectivity index (χ2n) is 10.5. The first-order valence-electron chi connectivity index (χ1n) is 10.6. The quantitative estimate of drug-likeness (QED) is 0.820. The average Bonchev–Trinajstić information content (AvgIpc) is 2.57. The monoisotopic (exact) mass is 358 g/mol. The van der Waals surface area contributed by atoms with E-state index in [-0.39, 0.29) is 5.54 Å². The maximum absolute atomic E-state index is 10.1. The molecule has 144 valence electrons. The van der Waals surface area contributed by atoms with Crippen molar-refractivity contribution in [3.8, 4) is 5.75 Å². The molecule has 4 aliphatic rings. The van der Waals surface area contributed by atoms with Gasteiger partial charge in [-0.05, 0) is 100 Å². The molecule has 0 saturated heterocycles. The van der Waals surface area contributed by atoms with Crippen molar-refractivity contribution in [3.63, 3.8) is 0 Å². The molecule has 3 nitrogen and oxygen atoms in total. The Morgan fingerprint density at radius 1 is 1.04 bits per heavy atom. The Labute approximate surface area is 158 Å². The Bertz CT molecular complexity index is 581. The molecule has 1 aromatic carbocycles. The molecular formula is C23H36NO2+. The highest BCUT2D eigenvalue weighted by Gasteiger charge is 2.51. The average molecular weight is 359 g/mol. The second-order valence-corrected chi connectivity index (χ2v) is 10.5. The fourth-order valence-corrected chi connectivity index (χ4v) is 6.12. The summed E-state index contributed by atoms with van der Waals surface area (Å²) in [6, 6.07) is 8.84. The first-order chi connectivity index (χ1) is 12.3. The van der Waals surface area contributed by atoms with Crippen LogP contribution in [-0.4, -0.2) is 29.9 Å². The summed E-state index contributed by atoms with van der Waals surface area (Å²) in [6.07, 6.45) is 8.25. The minimum atomic E-state index is -0.433. The van der Waals surface area contributed by atoms with Crippen molar-refractivity contribution in [2.75, 3.05) is 13.2 Å². The van der Waals surface area contributed by atoms with Crippen LogP contribution >= 0.6 is 0 Å². The Morgan fingerprint density at radius 3 is 2.08 bits per heavy atom. The predicted molar refractivity (Wildman–Crippen MR) is 104 cm³/mol. The number of aliphatic hydroxyl groups is 1. The van der Waals surface area contributed by atoms with Crippen molar-refractivity contribution in [3.05, 3.63) is 29.8 Å². The molecule has 0 unspecified atom stereocenters. The molecule has 1 atom stereocenters. The van der Waals surface area contributed by atoms with Gasteiger partial charge >= 0.3 is 0 Å². The maximum Gasteiger partial charge on any atom is 0.137 e. The first-order valence-corrected chi connectivity index (χ1v) is 10.6. The van der Waals surface area contributed by atoms with E-state index in [1.165, 1.54) is 44.1 Å². The van der Waals surface area contributed by atoms with E-state index >= 15 is 0 Å². The van der Waals surface area contributed by atoms with E-state index < -0.39 is 6.10 Å². The first kappa shape index (κ1) is 18.3. The lowest BCUT2D eigenvalue weighted by atomic mass is 9.48. The van der Waals surface area contributed by atoms with Crippen molar-refractivity contribution in [2.24, 2.45) is 17.8 Å². The van der Waals surface area contributed by atoms with E-state index in [0.29, 0.717) is 18.6 Å². The van der Waals surface area contributed by atoms with E-state index in [0.717, 1.165) is 23.5 Å². The summed E-state index contributed by atoms with van der Waals surface area (Å²) in [5, 5.41) is 12.3. The lowest BCUT2D eigenvalue weighted by Crippen LogP contribution is -2.96. The van der Waals surface area contributed by atoms with Crippen molar-refractivity contribution >= 4 is 0 Å². The van der Waals surface area contributed by atoms with Crippen LogP contribution in [0.5, 0.6) is 5.75 Å². The fraction of sp³-hybridized carbons (Fsp3) is 0.739. The highest BCUT2D eigenvalue weighted by Crippen LogP contribution is 2.60. The van der Waals surface area contributed by atoms with Gasteiger partial charge in [0.1, 0.15) is 25.0 Å². The molecular weight excluding hydrogens is 322 g/mol. The van der Waals surface area contributed by atoms with Crippen molar-refractivity contribution in [2.45, 2.75) is 76.4 Å². The molecule has 3 heteroatoms. The van der Waals surface area contributed by atoms with Gasteiger partial charge in [-0.2, -0.15) is 0 Å². The fourth-order valence-electron chi connectivity index (χ4n) is 6.12. The second kappa shape index (κ2) is 6.83. The Morgan fingerprint density at radius 2 is 1.58 bits per heavy atom. The van der Waals surface area contributed by atoms with Gasteiger partial charge in [0.2, 0.25) is 0 Å². The number of aliphatic hydroxyl groups excluding tert-OH is 1. The smallest absolute Gasteiger partial charge is 0.137 e. The standard InChI is InChI=1S/C23H35NO2/c1-22(2,3)24-14-20(25)15-26-21-6-4-19(5-7-21)23-11-16-8-17(12-23)10-18(9-16)13-23/h4-7,16-18,20,24-25H,8-15H2,1-3H3/p+1/t16?,17?,18?,20-,23?/m0/s1. The SMILES string of the molecule is CC(C)(C)[NH2+]C[C@H](O)COc1ccc(C23CC4CC(CC(C4)C2)C3)cc1. The molecule has 4 saturated carbocycles. The van der Waals surface area contributed by atoms with Crippen molar-refractivity contribution in [1.29, 1.82) is 0 Å². The van der Waals surface area contributed by atoms with Gasteiger partial charge in [0.25, 0.3) is 0 Å². The van der Waals surface area contributed by atoms with Crippen LogP contribution in [0.15, 0.2) is 24.3 Å². The number of rotatable bonds is 6. The Balaban J connectivity index is 1.34. The number of quaternary nitrogens is 1. The summed E-state index contributed by atoms with van der Waals surface area (Å²) >= 11 is 0. The molecule has 4 bridgehead atoms. The van der Waals surface area contributed by atoms with Crippen LogP contribution in [0.25, 0.3) is 0 Å². The van der Waals surface area contributed by atoms with Gasteiger partial charge in [-0.3, -0.25) is 0 Å². The molecule has 0 aliphatic heterocycles. The van der Waals surface area contributed by atoms with Crippen molar-refractivity contribution < 1.29 is 15.2 Å². The molecule has 3 N–H and O–H groups in total. The normalized spacial score (nSPS) is 34.1. The summed E-state index contributed by atoms with van der Waals surface area (Å²) in [5.74, 6) is 3.82. The zero-order chi connectivity index (χ0) is 18.4. The minimum Gasteiger partial charge on any atom is -0.491 e. The minimum absolute atomic E-state index is 0.139. The zero-order valence-electron chi connectivity index (χ0n) is 16.7. The summed E-state index contributed by atoms with van der Waals surface area (Å²) in [6.45, 7) is 7.51. The van der Waals surface area contributed by atoms with Gasteiger partial charge in [0.05, 0.1) is 5.54 Å². The van der Waals surface area contributed by atoms with E-state index in [1.807, 2.05) is 0 Å². The van der Waals surface area contributed by atoms with Crippen LogP contribution < -0.4 is 10.1 Å². The third-order valence-electron chi connectivity index (χ3n) is 6.95. The zero-order valence-corrected chi connectivity index (χ0v) is 16.7. The number of nitrogens with two attached hydrogens (primary N) is 1. The van der Waals surface area contributed by atoms with Gasteiger partial charge in [-0.15, -0.1) is 0 Å². The van der Waals surface area contributed by atoms with E-state index in [2.05, 4.69) is 50.4 Å². The van der Waals surface area contributed by atoms with Crippen LogP contribution in [0.1, 0.15) is 64.9 Å². The molecule has 0 aromatic heterocycles. The predicted octanol–water partition coefficient (Wildman–Crippen LogP) is 3.26. The van der Waals surface area contributed by atoms with Crippen LogP contribution in [0.2, 0.25) is 0 Å². The molecule has 26 heavy (non-hydrogen) atoms. The molecule has 4 aliphatic carbocycles. The third-order valence-corrected chi connectivity index (χ3v) is 6.95. The van der Waals surface area contributed by atoms with Crippen LogP contribution in [0.4, 0.5) is 0 Å². The van der Waals surface area contributed by atoms with E-state index in [1.54, 1.807) is 0 Å². The molecule has 0 spiro atoms. The van der Waals surface area contributed by atoms with Gasteiger partial charge in [-0.1, -0.05) is 12.1 Å². The topological polar surface area (TPSA) is 46.1 Å². The number of ether oxygens (including phenoxy) is 1. The van der Waals surface area contributed by atoms with E-state index in [4.69, 9.17) is 4.74 Å². The van der Waals surface area contributed by atoms with Crippen molar-refractivity contribution in [1.82, 2.24) is 0 Å². The highest BCUT2D eigenvalue weighted by molar-refractivity contribution is 5.34. The largest absolute Gasteiger partial charge is 0.491 e. The summed E-state index contributed by atoms with van der Waals surface area (Å²) in [7, 11) is 0. The number of hydrogen-bond acceptors (Lipinski definition) is 2. The van der Waals surface area contributed by atoms with Gasteiger partial charge < -0.3 is 15.2 Å². The lowest BCUT2D eigenvalue weighted by Gasteiger charge is -2.57. The van der Waals surface area contributed by atoms with Crippen LogP contribution in [-0.2, 0) is 5.41 Å². The maximum atomic E-state index is 10.1. The summed E-state index contributed by atoms with van der Waals surface area (Å²) in [5.41, 5.74) is 2.13. The van der Waals surface area contributed by atoms with Crippen LogP contribution in [0, 0.1) is 17.8 Å². The molecule has 0 radical (unpaired) electrons. The number of hydrogen-bond donors (Lipinski definition) is 2. The van der Waals surface area contributed by atoms with Crippen LogP contribution in [0.3, 0.4) is 0 Å². The molecule has 4 fully saturated rings. The molecule has 5 rings (SSSR count). The molecule has 0 amide bonds. The Kier molecular flexibility index (Phi) is 4.81. The summed E-state index contributed by atoms with van der Waals surface area (Å²) in [4.78, 5) is 0. The highest BCUT2D eigenvalue weighted by atomic mass is 16.5. The lowest BCUT2D eigenvalue weighted by molar-refractivity contribution is -0.722. The molecule has 1 aromatic rings. The Hall–Kier alpha value is -1.06. The van der Waals surface area contributed by atoms with Gasteiger partial charge in [0, 0.05) is 0 Å². The van der Waals surface area contributed by atoms with E-state index in [9.17, 15) is 5.11 Å².